The van der Waals surface area contributed by atoms with E-state index in [1.807, 2.05) is 0 Å². The second-order valence-electron chi connectivity index (χ2n) is 7.11. The first-order valence-electron chi connectivity index (χ1n) is 9.41. The molecule has 0 saturated heterocycles. The van der Waals surface area contributed by atoms with Crippen molar-refractivity contribution in [1.29, 1.82) is 0 Å². The molecule has 130 valence electrons. The first-order valence-corrected chi connectivity index (χ1v) is 9.41. The van der Waals surface area contributed by atoms with Gasteiger partial charge < -0.3 is 5.73 Å². The van der Waals surface area contributed by atoms with Gasteiger partial charge in [0.1, 0.15) is 0 Å². The van der Waals surface area contributed by atoms with Crippen molar-refractivity contribution in [2.75, 3.05) is 0 Å². The van der Waals surface area contributed by atoms with E-state index in [4.69, 9.17) is 5.73 Å². The van der Waals surface area contributed by atoms with Gasteiger partial charge in [0.25, 0.3) is 0 Å². The SMILES string of the molecule is NC1C=C2C/C=C\C=C/CC(c3ccccc3)(c3ccccc3)C2=CC1. The van der Waals surface area contributed by atoms with Crippen LogP contribution in [0.3, 0.4) is 0 Å². The summed E-state index contributed by atoms with van der Waals surface area (Å²) in [7, 11) is 0. The van der Waals surface area contributed by atoms with Crippen molar-refractivity contribution < 1.29 is 0 Å². The Labute approximate surface area is 156 Å². The molecule has 0 aromatic heterocycles. The fraction of sp³-hybridized carbons (Fsp3) is 0.200. The lowest BCUT2D eigenvalue weighted by atomic mass is 9.63. The minimum absolute atomic E-state index is 0.111. The van der Waals surface area contributed by atoms with Gasteiger partial charge in [0.15, 0.2) is 0 Å². The maximum atomic E-state index is 6.28. The van der Waals surface area contributed by atoms with E-state index in [1.54, 1.807) is 0 Å². The highest BCUT2D eigenvalue weighted by molar-refractivity contribution is 5.58. The highest BCUT2D eigenvalue weighted by Gasteiger charge is 2.39. The molecule has 0 aliphatic heterocycles. The van der Waals surface area contributed by atoms with E-state index in [9.17, 15) is 0 Å². The molecule has 0 bridgehead atoms. The van der Waals surface area contributed by atoms with Gasteiger partial charge in [-0.1, -0.05) is 97.1 Å². The fourth-order valence-corrected chi connectivity index (χ4v) is 4.29. The molecule has 1 nitrogen and oxygen atoms in total. The largest absolute Gasteiger partial charge is 0.324 e. The maximum Gasteiger partial charge on any atom is 0.0485 e. The summed E-state index contributed by atoms with van der Waals surface area (Å²) >= 11 is 0. The van der Waals surface area contributed by atoms with E-state index >= 15 is 0 Å². The van der Waals surface area contributed by atoms with E-state index < -0.39 is 0 Å². The lowest BCUT2D eigenvalue weighted by Gasteiger charge is -2.40. The van der Waals surface area contributed by atoms with Gasteiger partial charge in [-0.3, -0.25) is 0 Å². The molecular weight excluding hydrogens is 314 g/mol. The molecule has 26 heavy (non-hydrogen) atoms. The Kier molecular flexibility index (Phi) is 4.73. The van der Waals surface area contributed by atoms with Crippen LogP contribution in [0.5, 0.6) is 0 Å². The van der Waals surface area contributed by atoms with E-state index in [-0.39, 0.29) is 11.5 Å². The molecule has 2 aliphatic rings. The van der Waals surface area contributed by atoms with E-state index in [1.165, 1.54) is 22.3 Å². The third kappa shape index (κ3) is 3.00. The minimum atomic E-state index is -0.184. The van der Waals surface area contributed by atoms with Crippen LogP contribution in [0.25, 0.3) is 0 Å². The molecule has 2 aromatic carbocycles. The Balaban J connectivity index is 2.00. The number of benzene rings is 2. The monoisotopic (exact) mass is 339 g/mol. The number of nitrogens with two attached hydrogens (primary N) is 1. The van der Waals surface area contributed by atoms with E-state index in [0.717, 1.165) is 19.3 Å². The zero-order chi connectivity index (χ0) is 17.8. The van der Waals surface area contributed by atoms with Crippen LogP contribution in [-0.4, -0.2) is 6.04 Å². The molecule has 1 heteroatoms. The topological polar surface area (TPSA) is 26.0 Å². The van der Waals surface area contributed by atoms with Gasteiger partial charge >= 0.3 is 0 Å². The summed E-state index contributed by atoms with van der Waals surface area (Å²) in [5.74, 6) is 0. The molecule has 1 unspecified atom stereocenters. The maximum absolute atomic E-state index is 6.28. The van der Waals surface area contributed by atoms with Crippen molar-refractivity contribution in [3.8, 4) is 0 Å². The molecule has 1 atom stereocenters. The van der Waals surface area contributed by atoms with Crippen molar-refractivity contribution in [2.45, 2.75) is 30.7 Å². The summed E-state index contributed by atoms with van der Waals surface area (Å²) in [5, 5.41) is 0. The predicted octanol–water partition coefficient (Wildman–Crippen LogP) is 5.46. The summed E-state index contributed by atoms with van der Waals surface area (Å²) in [4.78, 5) is 0. The van der Waals surface area contributed by atoms with Gasteiger partial charge in [-0.05, 0) is 41.5 Å². The van der Waals surface area contributed by atoms with Gasteiger partial charge in [0.05, 0.1) is 0 Å². The van der Waals surface area contributed by atoms with Crippen LogP contribution in [-0.2, 0) is 5.41 Å². The van der Waals surface area contributed by atoms with Crippen LogP contribution in [0, 0.1) is 0 Å². The van der Waals surface area contributed by atoms with Crippen LogP contribution in [0.1, 0.15) is 30.4 Å². The molecule has 0 radical (unpaired) electrons. The van der Waals surface area contributed by atoms with Crippen LogP contribution in [0.4, 0.5) is 0 Å². The minimum Gasteiger partial charge on any atom is -0.324 e. The molecular formula is C25H25N. The average Bonchev–Trinajstić information content (AvgIpc) is 2.78. The summed E-state index contributed by atoms with van der Waals surface area (Å²) < 4.78 is 0. The first kappa shape index (κ1) is 16.8. The van der Waals surface area contributed by atoms with Gasteiger partial charge in [-0.15, -0.1) is 0 Å². The zero-order valence-corrected chi connectivity index (χ0v) is 15.0. The third-order valence-corrected chi connectivity index (χ3v) is 5.49. The van der Waals surface area contributed by atoms with Crippen LogP contribution < -0.4 is 5.73 Å². The summed E-state index contributed by atoms with van der Waals surface area (Å²) in [5.41, 5.74) is 11.5. The van der Waals surface area contributed by atoms with Gasteiger partial charge in [-0.25, -0.2) is 0 Å². The third-order valence-electron chi connectivity index (χ3n) is 5.49. The molecule has 2 N–H and O–H groups in total. The normalized spacial score (nSPS) is 24.1. The molecule has 2 aromatic rings. The zero-order valence-electron chi connectivity index (χ0n) is 15.0. The second kappa shape index (κ2) is 7.31. The summed E-state index contributed by atoms with van der Waals surface area (Å²) in [6, 6.07) is 21.9. The van der Waals surface area contributed by atoms with Gasteiger partial charge in [0, 0.05) is 11.5 Å². The quantitative estimate of drug-likeness (QED) is 0.772. The van der Waals surface area contributed by atoms with Crippen LogP contribution in [0.2, 0.25) is 0 Å². The number of hydrogen-bond donors (Lipinski definition) is 1. The fourth-order valence-electron chi connectivity index (χ4n) is 4.29. The van der Waals surface area contributed by atoms with Gasteiger partial charge in [0.2, 0.25) is 0 Å². The highest BCUT2D eigenvalue weighted by Crippen LogP contribution is 2.47. The van der Waals surface area contributed by atoms with E-state index in [2.05, 4.69) is 97.1 Å². The lowest BCUT2D eigenvalue weighted by Crippen LogP contribution is -2.33. The Morgan fingerprint density at radius 3 is 2.08 bits per heavy atom. The standard InChI is InChI=1S/C25H25N/c26-23-16-17-24-20(19-23)11-5-1-2-10-18-25(24,21-12-6-3-7-13-21)22-14-8-4-9-15-22/h1-10,12-15,17,19,23H,11,16,18,26H2/b5-1-,10-2-. The van der Waals surface area contributed by atoms with Crippen molar-refractivity contribution in [3.05, 3.63) is 119 Å². The first-order chi connectivity index (χ1) is 12.8. The highest BCUT2D eigenvalue weighted by atomic mass is 14.6. The molecule has 4 rings (SSSR count). The molecule has 0 saturated carbocycles. The van der Waals surface area contributed by atoms with Crippen LogP contribution >= 0.6 is 0 Å². The molecule has 0 fully saturated rings. The molecule has 0 spiro atoms. The molecule has 0 amide bonds. The number of hydrogen-bond acceptors (Lipinski definition) is 1. The van der Waals surface area contributed by atoms with Crippen molar-refractivity contribution in [3.63, 3.8) is 0 Å². The van der Waals surface area contributed by atoms with Crippen LogP contribution in [0.15, 0.2) is 108 Å². The summed E-state index contributed by atoms with van der Waals surface area (Å²) in [6.45, 7) is 0. The number of rotatable bonds is 2. The van der Waals surface area contributed by atoms with Crippen molar-refractivity contribution in [1.82, 2.24) is 0 Å². The second-order valence-corrected chi connectivity index (χ2v) is 7.11. The molecule has 2 aliphatic carbocycles. The Hall–Kier alpha value is -2.64. The predicted molar refractivity (Wildman–Crippen MR) is 110 cm³/mol. The Morgan fingerprint density at radius 2 is 1.42 bits per heavy atom. The van der Waals surface area contributed by atoms with Gasteiger partial charge in [-0.2, -0.15) is 0 Å². The lowest BCUT2D eigenvalue weighted by molar-refractivity contribution is 0.602. The summed E-state index contributed by atoms with van der Waals surface area (Å²) in [6.07, 6.45) is 16.3. The van der Waals surface area contributed by atoms with Crippen molar-refractivity contribution >= 4 is 0 Å². The molecule has 0 heterocycles. The smallest absolute Gasteiger partial charge is 0.0485 e. The van der Waals surface area contributed by atoms with E-state index in [0.29, 0.717) is 0 Å². The number of fused-ring (bicyclic) bond motifs is 1. The average molecular weight is 339 g/mol. The Bertz CT molecular complexity index is 829. The number of allylic oxidation sites excluding steroid dienone is 6. The van der Waals surface area contributed by atoms with Crippen molar-refractivity contribution in [2.24, 2.45) is 5.73 Å². The Morgan fingerprint density at radius 1 is 0.808 bits per heavy atom.